The molecule has 25 heavy (non-hydrogen) atoms. The number of nitrogens with zero attached hydrogens (tertiary/aromatic N) is 2. The number of thiazole rings is 1. The van der Waals surface area contributed by atoms with Crippen LogP contribution in [0, 0.1) is 6.92 Å². The second-order valence-corrected chi connectivity index (χ2v) is 6.06. The van der Waals surface area contributed by atoms with Crippen LogP contribution in [-0.4, -0.2) is 36.7 Å². The Morgan fingerprint density at radius 1 is 1.40 bits per heavy atom. The molecular weight excluding hydrogens is 344 g/mol. The number of benzene rings is 1. The van der Waals surface area contributed by atoms with E-state index in [-0.39, 0.29) is 18.9 Å². The first kappa shape index (κ1) is 18.4. The Morgan fingerprint density at radius 3 is 2.84 bits per heavy atom. The van der Waals surface area contributed by atoms with Crippen LogP contribution in [-0.2, 0) is 16.0 Å². The monoisotopic (exact) mass is 362 g/mol. The van der Waals surface area contributed by atoms with Crippen LogP contribution in [0.5, 0.6) is 11.5 Å². The van der Waals surface area contributed by atoms with Crippen LogP contribution in [0.2, 0.25) is 0 Å². The van der Waals surface area contributed by atoms with Crippen molar-refractivity contribution < 1.29 is 19.1 Å². The number of hydrogen-bond donors (Lipinski definition) is 2. The van der Waals surface area contributed by atoms with Crippen LogP contribution in [0.3, 0.4) is 0 Å². The summed E-state index contributed by atoms with van der Waals surface area (Å²) >= 11 is 1.49. The quantitative estimate of drug-likeness (QED) is 0.537. The summed E-state index contributed by atoms with van der Waals surface area (Å²) in [6.45, 7) is 1.64. The first-order valence-corrected chi connectivity index (χ1v) is 8.18. The molecule has 132 valence electrons. The molecule has 3 N–H and O–H groups in total. The molecular formula is C16H18N4O4S. The van der Waals surface area contributed by atoms with Gasteiger partial charge in [0, 0.05) is 5.38 Å². The van der Waals surface area contributed by atoms with Gasteiger partial charge in [-0.3, -0.25) is 9.59 Å². The minimum absolute atomic E-state index is 0.172. The summed E-state index contributed by atoms with van der Waals surface area (Å²) in [7, 11) is 1.48. The van der Waals surface area contributed by atoms with E-state index in [9.17, 15) is 9.59 Å². The number of primary amides is 1. The minimum Gasteiger partial charge on any atom is -0.493 e. The molecule has 0 unspecified atom stereocenters. The summed E-state index contributed by atoms with van der Waals surface area (Å²) in [5.74, 6) is -0.0171. The average Bonchev–Trinajstić information content (AvgIpc) is 2.98. The number of carbonyl (C=O) groups excluding carboxylic acids is 2. The van der Waals surface area contributed by atoms with Crippen molar-refractivity contribution in [1.29, 1.82) is 0 Å². The third-order valence-electron chi connectivity index (χ3n) is 2.97. The van der Waals surface area contributed by atoms with E-state index in [2.05, 4.69) is 15.5 Å². The number of rotatable bonds is 8. The van der Waals surface area contributed by atoms with Crippen molar-refractivity contribution in [3.05, 3.63) is 39.8 Å². The molecule has 0 bridgehead atoms. The molecule has 1 heterocycles. The van der Waals surface area contributed by atoms with Crippen LogP contribution >= 0.6 is 11.3 Å². The molecule has 0 fully saturated rings. The van der Waals surface area contributed by atoms with Crippen LogP contribution in [0.4, 0.5) is 0 Å². The lowest BCUT2D eigenvalue weighted by atomic mass is 10.2. The van der Waals surface area contributed by atoms with E-state index in [0.717, 1.165) is 5.01 Å². The normalized spacial score (nSPS) is 10.6. The largest absolute Gasteiger partial charge is 0.493 e. The zero-order valence-electron chi connectivity index (χ0n) is 13.8. The predicted octanol–water partition coefficient (Wildman–Crippen LogP) is 1.02. The van der Waals surface area contributed by atoms with E-state index < -0.39 is 5.91 Å². The third-order valence-corrected chi connectivity index (χ3v) is 3.79. The van der Waals surface area contributed by atoms with Gasteiger partial charge in [-0.15, -0.1) is 11.3 Å². The molecule has 1 aromatic heterocycles. The smallest absolute Gasteiger partial charge is 0.255 e. The molecule has 0 aliphatic rings. The standard InChI is InChI=1S/C16H18N4O4S/c1-10-19-12(9-25-10)6-16(22)20-18-7-11-3-4-13(14(5-11)23-2)24-8-15(17)21/h3-5,7,9H,6,8H2,1-2H3,(H2,17,21)(H,20,22)/b18-7-. The zero-order chi connectivity index (χ0) is 18.2. The lowest BCUT2D eigenvalue weighted by molar-refractivity contribution is -0.121. The number of nitrogens with two attached hydrogens (primary N) is 1. The van der Waals surface area contributed by atoms with Crippen LogP contribution < -0.4 is 20.6 Å². The molecule has 2 aromatic rings. The highest BCUT2D eigenvalue weighted by Gasteiger charge is 2.07. The highest BCUT2D eigenvalue weighted by molar-refractivity contribution is 7.09. The van der Waals surface area contributed by atoms with Gasteiger partial charge >= 0.3 is 0 Å². The van der Waals surface area contributed by atoms with E-state index in [1.165, 1.54) is 24.7 Å². The lowest BCUT2D eigenvalue weighted by Gasteiger charge is -2.09. The summed E-state index contributed by atoms with van der Waals surface area (Å²) in [4.78, 5) is 26.8. The maximum atomic E-state index is 11.8. The van der Waals surface area contributed by atoms with Crippen molar-refractivity contribution in [2.24, 2.45) is 10.8 Å². The number of methoxy groups -OCH3 is 1. The van der Waals surface area contributed by atoms with Crippen molar-refractivity contribution >= 4 is 29.4 Å². The highest BCUT2D eigenvalue weighted by Crippen LogP contribution is 2.27. The van der Waals surface area contributed by atoms with E-state index in [1.54, 1.807) is 18.2 Å². The lowest BCUT2D eigenvalue weighted by Crippen LogP contribution is -2.20. The molecule has 9 heteroatoms. The fraction of sp³-hybridized carbons (Fsp3) is 0.250. The van der Waals surface area contributed by atoms with E-state index in [0.29, 0.717) is 22.8 Å². The van der Waals surface area contributed by atoms with Gasteiger partial charge in [0.2, 0.25) is 5.91 Å². The second kappa shape index (κ2) is 8.78. The van der Waals surface area contributed by atoms with Gasteiger partial charge in [0.25, 0.3) is 5.91 Å². The van der Waals surface area contributed by atoms with Crippen LogP contribution in [0.25, 0.3) is 0 Å². The maximum Gasteiger partial charge on any atom is 0.255 e. The number of aromatic nitrogens is 1. The van der Waals surface area contributed by atoms with Crippen molar-refractivity contribution in [3.8, 4) is 11.5 Å². The first-order valence-electron chi connectivity index (χ1n) is 7.30. The summed E-state index contributed by atoms with van der Waals surface area (Å²) in [5, 5.41) is 6.66. The van der Waals surface area contributed by atoms with E-state index in [4.69, 9.17) is 15.2 Å². The molecule has 0 aliphatic heterocycles. The summed E-state index contributed by atoms with van der Waals surface area (Å²) in [6.07, 6.45) is 1.65. The molecule has 0 radical (unpaired) electrons. The van der Waals surface area contributed by atoms with Crippen LogP contribution in [0.1, 0.15) is 16.3 Å². The van der Waals surface area contributed by atoms with Gasteiger partial charge in [-0.2, -0.15) is 5.10 Å². The number of nitrogens with one attached hydrogen (secondary N) is 1. The van der Waals surface area contributed by atoms with Crippen molar-refractivity contribution in [2.45, 2.75) is 13.3 Å². The van der Waals surface area contributed by atoms with Gasteiger partial charge in [-0.1, -0.05) is 0 Å². The van der Waals surface area contributed by atoms with Crippen molar-refractivity contribution in [1.82, 2.24) is 10.4 Å². The highest BCUT2D eigenvalue weighted by atomic mass is 32.1. The number of hydrogen-bond acceptors (Lipinski definition) is 7. The zero-order valence-corrected chi connectivity index (χ0v) is 14.6. The molecule has 1 aromatic carbocycles. The Morgan fingerprint density at radius 2 is 2.20 bits per heavy atom. The average molecular weight is 362 g/mol. The van der Waals surface area contributed by atoms with E-state index >= 15 is 0 Å². The van der Waals surface area contributed by atoms with Gasteiger partial charge < -0.3 is 15.2 Å². The molecule has 0 atom stereocenters. The first-order chi connectivity index (χ1) is 12.0. The van der Waals surface area contributed by atoms with Crippen molar-refractivity contribution in [2.75, 3.05) is 13.7 Å². The van der Waals surface area contributed by atoms with Crippen LogP contribution in [0.15, 0.2) is 28.7 Å². The predicted molar refractivity (Wildman–Crippen MR) is 94.0 cm³/mol. The van der Waals surface area contributed by atoms with Gasteiger partial charge in [0.05, 0.1) is 30.4 Å². The second-order valence-electron chi connectivity index (χ2n) is 4.99. The number of ether oxygens (including phenoxy) is 2. The third kappa shape index (κ3) is 5.88. The van der Waals surface area contributed by atoms with Gasteiger partial charge in [-0.25, -0.2) is 10.4 Å². The summed E-state index contributed by atoms with van der Waals surface area (Å²) in [6, 6.07) is 5.00. The molecule has 0 spiro atoms. The topological polar surface area (TPSA) is 116 Å². The Labute approximate surface area is 148 Å². The Hall–Kier alpha value is -2.94. The van der Waals surface area contributed by atoms with Gasteiger partial charge in [0.15, 0.2) is 18.1 Å². The summed E-state index contributed by atoms with van der Waals surface area (Å²) in [5.41, 5.74) is 8.89. The number of aryl methyl sites for hydroxylation is 1. The Balaban J connectivity index is 1.93. The SMILES string of the molecule is COc1cc(/C=N\NC(=O)Cc2csc(C)n2)ccc1OCC(N)=O. The number of hydrazone groups is 1. The molecule has 8 nitrogen and oxygen atoms in total. The van der Waals surface area contributed by atoms with Gasteiger partial charge in [-0.05, 0) is 30.7 Å². The minimum atomic E-state index is -0.578. The Kier molecular flexibility index (Phi) is 6.47. The van der Waals surface area contributed by atoms with E-state index in [1.807, 2.05) is 12.3 Å². The number of carbonyl (C=O) groups is 2. The molecule has 2 rings (SSSR count). The number of amides is 2. The van der Waals surface area contributed by atoms with Crippen molar-refractivity contribution in [3.63, 3.8) is 0 Å². The molecule has 2 amide bonds. The fourth-order valence-corrected chi connectivity index (χ4v) is 2.52. The maximum absolute atomic E-state index is 11.8. The van der Waals surface area contributed by atoms with Gasteiger partial charge in [0.1, 0.15) is 0 Å². The fourth-order valence-electron chi connectivity index (χ4n) is 1.90. The molecule has 0 saturated heterocycles. The Bertz CT molecular complexity index is 788. The summed E-state index contributed by atoms with van der Waals surface area (Å²) < 4.78 is 10.4. The molecule has 0 saturated carbocycles. The molecule has 0 aliphatic carbocycles.